The monoisotopic (exact) mass is 281 g/mol. The van der Waals surface area contributed by atoms with Crippen molar-refractivity contribution in [1.29, 1.82) is 0 Å². The van der Waals surface area contributed by atoms with Gasteiger partial charge in [-0.15, -0.1) is 0 Å². The van der Waals surface area contributed by atoms with Gasteiger partial charge in [0.2, 0.25) is 0 Å². The topological polar surface area (TPSA) is 47.0 Å². The Morgan fingerprint density at radius 1 is 1.21 bits per heavy atom. The van der Waals surface area contributed by atoms with Crippen molar-refractivity contribution in [3.63, 3.8) is 0 Å². The number of hydrogen-bond donors (Lipinski definition) is 1. The highest BCUT2D eigenvalue weighted by Crippen LogP contribution is 2.39. The summed E-state index contributed by atoms with van der Waals surface area (Å²) < 4.78 is 5.52. The van der Waals surface area contributed by atoms with E-state index in [9.17, 15) is 0 Å². The summed E-state index contributed by atoms with van der Waals surface area (Å²) in [5, 5.41) is 4.09. The molecule has 2 aliphatic carbocycles. The number of halogens is 1. The summed E-state index contributed by atoms with van der Waals surface area (Å²) in [6, 6.07) is 0.335. The van der Waals surface area contributed by atoms with Crippen LogP contribution in [0.2, 0.25) is 5.15 Å². The summed E-state index contributed by atoms with van der Waals surface area (Å²) in [5.74, 6) is 2.29. The Bertz CT molecular complexity index is 476. The smallest absolute Gasteiger partial charge is 0.137 e. The van der Waals surface area contributed by atoms with Crippen molar-refractivity contribution in [3.8, 4) is 0 Å². The number of anilines is 1. The molecule has 0 amide bonds. The first-order chi connectivity index (χ1) is 9.19. The maximum atomic E-state index is 6.22. The molecule has 2 unspecified atom stereocenters. The third kappa shape index (κ3) is 2.70. The molecule has 2 aliphatic rings. The van der Waals surface area contributed by atoms with E-state index in [0.717, 1.165) is 30.0 Å². The first kappa shape index (κ1) is 13.1. The minimum Gasteiger partial charge on any atom is -0.379 e. The molecule has 2 atom stereocenters. The highest BCUT2D eigenvalue weighted by molar-refractivity contribution is 6.30. The van der Waals surface area contributed by atoms with Gasteiger partial charge in [-0.25, -0.2) is 9.97 Å². The average Bonchev–Trinajstić information content (AvgIpc) is 3.15. The number of ether oxygens (including phenoxy) is 1. The van der Waals surface area contributed by atoms with E-state index >= 15 is 0 Å². The number of methoxy groups -OCH3 is 1. The van der Waals surface area contributed by atoms with Gasteiger partial charge in [0.05, 0.1) is 12.1 Å². The van der Waals surface area contributed by atoms with Gasteiger partial charge in [-0.05, 0) is 39.0 Å². The number of aromatic nitrogens is 2. The van der Waals surface area contributed by atoms with Crippen LogP contribution in [0.25, 0.3) is 0 Å². The molecule has 2 saturated carbocycles. The lowest BCUT2D eigenvalue weighted by Crippen LogP contribution is -2.30. The van der Waals surface area contributed by atoms with Gasteiger partial charge in [0.1, 0.15) is 16.8 Å². The largest absolute Gasteiger partial charge is 0.379 e. The van der Waals surface area contributed by atoms with E-state index < -0.39 is 0 Å². The molecule has 1 aromatic heterocycles. The predicted molar refractivity (Wildman–Crippen MR) is 75.8 cm³/mol. The van der Waals surface area contributed by atoms with Crippen LogP contribution >= 0.6 is 11.6 Å². The first-order valence-electron chi connectivity index (χ1n) is 7.02. The molecule has 0 saturated heterocycles. The fraction of sp³-hybridized carbons (Fsp3) is 0.714. The molecule has 1 aromatic rings. The normalized spacial score (nSPS) is 26.7. The second-order valence-electron chi connectivity index (χ2n) is 5.58. The maximum Gasteiger partial charge on any atom is 0.137 e. The second-order valence-corrected chi connectivity index (χ2v) is 5.93. The molecule has 2 fully saturated rings. The van der Waals surface area contributed by atoms with Crippen molar-refractivity contribution in [3.05, 3.63) is 16.5 Å². The van der Waals surface area contributed by atoms with Crippen LogP contribution in [-0.4, -0.2) is 29.2 Å². The standard InChI is InChI=1S/C14H20ClN3O/c1-8-12(15)17-14(9-6-7-9)18-13(8)16-10-4-3-5-11(10)19-2/h9-11H,3-7H2,1-2H3,(H,16,17,18). The predicted octanol–water partition coefficient (Wildman–Crippen LogP) is 3.30. The molecular formula is C14H20ClN3O. The summed E-state index contributed by atoms with van der Waals surface area (Å²) in [4.78, 5) is 9.06. The van der Waals surface area contributed by atoms with Gasteiger partial charge in [0.15, 0.2) is 0 Å². The first-order valence-corrected chi connectivity index (χ1v) is 7.40. The van der Waals surface area contributed by atoms with Crippen LogP contribution in [0.1, 0.15) is 49.4 Å². The summed E-state index contributed by atoms with van der Waals surface area (Å²) in [7, 11) is 1.78. The quantitative estimate of drug-likeness (QED) is 0.860. The summed E-state index contributed by atoms with van der Waals surface area (Å²) in [6.45, 7) is 1.97. The van der Waals surface area contributed by atoms with E-state index in [1.54, 1.807) is 7.11 Å². The van der Waals surface area contributed by atoms with Gasteiger partial charge < -0.3 is 10.1 Å². The lowest BCUT2D eigenvalue weighted by molar-refractivity contribution is 0.101. The van der Waals surface area contributed by atoms with E-state index in [-0.39, 0.29) is 6.10 Å². The van der Waals surface area contributed by atoms with Crippen LogP contribution in [0.3, 0.4) is 0 Å². The molecule has 0 aliphatic heterocycles. The Labute approximate surface area is 118 Å². The molecule has 104 valence electrons. The maximum absolute atomic E-state index is 6.22. The lowest BCUT2D eigenvalue weighted by Gasteiger charge is -2.21. The highest BCUT2D eigenvalue weighted by Gasteiger charge is 2.30. The van der Waals surface area contributed by atoms with Crippen molar-refractivity contribution < 1.29 is 4.74 Å². The lowest BCUT2D eigenvalue weighted by atomic mass is 10.2. The van der Waals surface area contributed by atoms with E-state index in [1.807, 2.05) is 6.92 Å². The van der Waals surface area contributed by atoms with E-state index in [0.29, 0.717) is 17.1 Å². The number of nitrogens with one attached hydrogen (secondary N) is 1. The number of rotatable bonds is 4. The Morgan fingerprint density at radius 3 is 2.68 bits per heavy atom. The minimum atomic E-state index is 0.275. The summed E-state index contributed by atoms with van der Waals surface area (Å²) in [5.41, 5.74) is 0.938. The molecule has 0 radical (unpaired) electrons. The molecule has 0 bridgehead atoms. The number of nitrogens with zero attached hydrogens (tertiary/aromatic N) is 2. The third-order valence-electron chi connectivity index (χ3n) is 4.12. The third-order valence-corrected chi connectivity index (χ3v) is 4.49. The Kier molecular flexibility index (Phi) is 3.63. The molecule has 1 heterocycles. The summed E-state index contributed by atoms with van der Waals surface area (Å²) in [6.07, 6.45) is 6.08. The van der Waals surface area contributed by atoms with E-state index in [4.69, 9.17) is 16.3 Å². The molecule has 5 heteroatoms. The number of hydrogen-bond acceptors (Lipinski definition) is 4. The molecule has 0 spiro atoms. The SMILES string of the molecule is COC1CCCC1Nc1nc(C2CC2)nc(Cl)c1C. The van der Waals surface area contributed by atoms with Gasteiger partial charge >= 0.3 is 0 Å². The van der Waals surface area contributed by atoms with E-state index in [1.165, 1.54) is 19.3 Å². The Hall–Kier alpha value is -0.870. The van der Waals surface area contributed by atoms with Crippen LogP contribution in [0.4, 0.5) is 5.82 Å². The van der Waals surface area contributed by atoms with Gasteiger partial charge in [0.25, 0.3) is 0 Å². The van der Waals surface area contributed by atoms with Gasteiger partial charge in [0, 0.05) is 18.6 Å². The zero-order chi connectivity index (χ0) is 13.4. The molecule has 3 rings (SSSR count). The molecular weight excluding hydrogens is 262 g/mol. The van der Waals surface area contributed by atoms with Crippen LogP contribution in [0, 0.1) is 6.92 Å². The Morgan fingerprint density at radius 2 is 2.00 bits per heavy atom. The molecule has 19 heavy (non-hydrogen) atoms. The van der Waals surface area contributed by atoms with Crippen molar-refractivity contribution >= 4 is 17.4 Å². The average molecular weight is 282 g/mol. The highest BCUT2D eigenvalue weighted by atomic mass is 35.5. The Balaban J connectivity index is 1.83. The zero-order valence-corrected chi connectivity index (χ0v) is 12.2. The second kappa shape index (κ2) is 5.25. The molecule has 4 nitrogen and oxygen atoms in total. The van der Waals surface area contributed by atoms with Crippen molar-refractivity contribution in [1.82, 2.24) is 9.97 Å². The fourth-order valence-electron chi connectivity index (χ4n) is 2.72. The molecule has 0 aromatic carbocycles. The van der Waals surface area contributed by atoms with Gasteiger partial charge in [-0.2, -0.15) is 0 Å². The van der Waals surface area contributed by atoms with Gasteiger partial charge in [-0.3, -0.25) is 0 Å². The molecule has 1 N–H and O–H groups in total. The van der Waals surface area contributed by atoms with E-state index in [2.05, 4.69) is 15.3 Å². The van der Waals surface area contributed by atoms with Crippen molar-refractivity contribution in [2.24, 2.45) is 0 Å². The van der Waals surface area contributed by atoms with Crippen LogP contribution in [-0.2, 0) is 4.74 Å². The summed E-state index contributed by atoms with van der Waals surface area (Å²) >= 11 is 6.22. The van der Waals surface area contributed by atoms with Crippen LogP contribution < -0.4 is 5.32 Å². The van der Waals surface area contributed by atoms with Crippen LogP contribution in [0.15, 0.2) is 0 Å². The van der Waals surface area contributed by atoms with Crippen molar-refractivity contribution in [2.45, 2.75) is 57.1 Å². The van der Waals surface area contributed by atoms with Crippen molar-refractivity contribution in [2.75, 3.05) is 12.4 Å². The minimum absolute atomic E-state index is 0.275. The van der Waals surface area contributed by atoms with Gasteiger partial charge in [-0.1, -0.05) is 11.6 Å². The van der Waals surface area contributed by atoms with Crippen LogP contribution in [0.5, 0.6) is 0 Å². The zero-order valence-electron chi connectivity index (χ0n) is 11.4. The fourth-order valence-corrected chi connectivity index (χ4v) is 2.90.